The molecule has 3 aromatic rings. The maximum Gasteiger partial charge on any atom is 0.415 e. The van der Waals surface area contributed by atoms with Gasteiger partial charge in [-0.25, -0.2) is 4.79 Å². The Morgan fingerprint density at radius 2 is 1.58 bits per heavy atom. The molecule has 31 heavy (non-hydrogen) atoms. The first kappa shape index (κ1) is 20.7. The van der Waals surface area contributed by atoms with Crippen molar-refractivity contribution in [3.8, 4) is 0 Å². The summed E-state index contributed by atoms with van der Waals surface area (Å²) in [5.41, 5.74) is 1.56. The second-order valence-electron chi connectivity index (χ2n) is 8.51. The molecule has 0 radical (unpaired) electrons. The van der Waals surface area contributed by atoms with E-state index in [1.807, 2.05) is 93.6 Å². The lowest BCUT2D eigenvalue weighted by Crippen LogP contribution is -2.41. The van der Waals surface area contributed by atoms with Crippen molar-refractivity contribution in [1.82, 2.24) is 0 Å². The number of hydrogen-bond donors (Lipinski definition) is 0. The lowest BCUT2D eigenvalue weighted by atomic mass is 9.92. The molecule has 0 aliphatic carbocycles. The van der Waals surface area contributed by atoms with Crippen molar-refractivity contribution in [3.05, 3.63) is 83.9 Å². The Morgan fingerprint density at radius 3 is 2.32 bits per heavy atom. The van der Waals surface area contributed by atoms with Crippen molar-refractivity contribution in [1.29, 1.82) is 0 Å². The number of para-hydroxylation sites is 1. The summed E-state index contributed by atoms with van der Waals surface area (Å²) in [7, 11) is 0. The minimum absolute atomic E-state index is 0.413. The molecule has 0 N–H and O–H groups in total. The van der Waals surface area contributed by atoms with Crippen LogP contribution in [0.2, 0.25) is 0 Å². The van der Waals surface area contributed by atoms with Crippen molar-refractivity contribution in [3.63, 3.8) is 0 Å². The Hall–Kier alpha value is -3.60. The summed E-state index contributed by atoms with van der Waals surface area (Å²) in [5.74, 6) is 0.0179. The number of hydrogen-bond acceptors (Lipinski definition) is 4. The SMILES string of the molecule is CC(=O)OC1=CC(c2cccc3ccccc23)N(C(=O)OC(C)(C)C)c2ccccc21. The van der Waals surface area contributed by atoms with Gasteiger partial charge in [-0.3, -0.25) is 9.69 Å². The monoisotopic (exact) mass is 415 g/mol. The third kappa shape index (κ3) is 4.17. The van der Waals surface area contributed by atoms with Crippen molar-refractivity contribution >= 4 is 34.3 Å². The number of nitrogens with zero attached hydrogens (tertiary/aromatic N) is 1. The number of rotatable bonds is 2. The Bertz CT molecular complexity index is 1180. The molecule has 1 amide bonds. The quantitative estimate of drug-likeness (QED) is 0.465. The summed E-state index contributed by atoms with van der Waals surface area (Å²) < 4.78 is 11.3. The zero-order chi connectivity index (χ0) is 22.2. The van der Waals surface area contributed by atoms with Crippen LogP contribution >= 0.6 is 0 Å². The van der Waals surface area contributed by atoms with E-state index in [0.29, 0.717) is 17.0 Å². The number of carbonyl (C=O) groups excluding carboxylic acids is 2. The lowest BCUT2D eigenvalue weighted by molar-refractivity contribution is -0.134. The molecule has 1 heterocycles. The molecule has 5 heteroatoms. The minimum atomic E-state index is -0.658. The highest BCUT2D eigenvalue weighted by atomic mass is 16.6. The number of benzene rings is 3. The Kier molecular flexibility index (Phi) is 5.27. The van der Waals surface area contributed by atoms with Gasteiger partial charge in [0.05, 0.1) is 11.7 Å². The van der Waals surface area contributed by atoms with Crippen molar-refractivity contribution in [2.24, 2.45) is 0 Å². The molecule has 5 nitrogen and oxygen atoms in total. The number of carbonyl (C=O) groups is 2. The Morgan fingerprint density at radius 1 is 0.903 bits per heavy atom. The summed E-state index contributed by atoms with van der Waals surface area (Å²) in [4.78, 5) is 26.8. The molecular formula is C26H25NO4. The molecule has 0 spiro atoms. The van der Waals surface area contributed by atoms with Crippen molar-refractivity contribution < 1.29 is 19.1 Å². The fraction of sp³-hybridized carbons (Fsp3) is 0.231. The maximum atomic E-state index is 13.4. The average molecular weight is 415 g/mol. The van der Waals surface area contributed by atoms with Gasteiger partial charge in [-0.2, -0.15) is 0 Å². The number of esters is 1. The fourth-order valence-corrected chi connectivity index (χ4v) is 3.85. The molecule has 0 bridgehead atoms. The van der Waals surface area contributed by atoms with E-state index in [2.05, 4.69) is 0 Å². The first-order valence-corrected chi connectivity index (χ1v) is 10.2. The van der Waals surface area contributed by atoms with E-state index in [0.717, 1.165) is 16.3 Å². The highest BCUT2D eigenvalue weighted by Crippen LogP contribution is 2.43. The molecule has 0 saturated carbocycles. The molecule has 0 fully saturated rings. The van der Waals surface area contributed by atoms with E-state index in [1.165, 1.54) is 6.92 Å². The van der Waals surface area contributed by atoms with Crippen LogP contribution < -0.4 is 4.90 Å². The maximum absolute atomic E-state index is 13.4. The van der Waals surface area contributed by atoms with Crippen LogP contribution in [0, 0.1) is 0 Å². The second kappa shape index (κ2) is 7.91. The largest absolute Gasteiger partial charge is 0.443 e. The van der Waals surface area contributed by atoms with Crippen LogP contribution in [-0.4, -0.2) is 17.7 Å². The van der Waals surface area contributed by atoms with E-state index in [9.17, 15) is 9.59 Å². The van der Waals surface area contributed by atoms with Gasteiger partial charge in [0.25, 0.3) is 0 Å². The van der Waals surface area contributed by atoms with Crippen LogP contribution in [0.15, 0.2) is 72.8 Å². The molecule has 1 atom stereocenters. The molecule has 0 aromatic heterocycles. The first-order valence-electron chi connectivity index (χ1n) is 10.2. The highest BCUT2D eigenvalue weighted by molar-refractivity contribution is 5.98. The normalized spacial score (nSPS) is 15.8. The van der Waals surface area contributed by atoms with Gasteiger partial charge < -0.3 is 9.47 Å². The van der Waals surface area contributed by atoms with Crippen molar-refractivity contribution in [2.45, 2.75) is 39.3 Å². The van der Waals surface area contributed by atoms with Crippen LogP contribution in [0.4, 0.5) is 10.5 Å². The number of ether oxygens (including phenoxy) is 2. The van der Waals surface area contributed by atoms with E-state index in [1.54, 1.807) is 4.90 Å². The summed E-state index contributed by atoms with van der Waals surface area (Å²) in [5, 5.41) is 2.08. The summed E-state index contributed by atoms with van der Waals surface area (Å²) in [6.45, 7) is 6.89. The zero-order valence-electron chi connectivity index (χ0n) is 18.1. The molecule has 1 aliphatic heterocycles. The summed E-state index contributed by atoms with van der Waals surface area (Å²) in [6, 6.07) is 20.9. The third-order valence-corrected chi connectivity index (χ3v) is 5.00. The van der Waals surface area contributed by atoms with E-state index in [-0.39, 0.29) is 0 Å². The first-order chi connectivity index (χ1) is 14.7. The van der Waals surface area contributed by atoms with Crippen LogP contribution in [0.3, 0.4) is 0 Å². The van der Waals surface area contributed by atoms with Crippen LogP contribution in [0.5, 0.6) is 0 Å². The lowest BCUT2D eigenvalue weighted by Gasteiger charge is -2.37. The minimum Gasteiger partial charge on any atom is -0.443 e. The third-order valence-electron chi connectivity index (χ3n) is 5.00. The van der Waals surface area contributed by atoms with Crippen LogP contribution in [0.1, 0.15) is 44.9 Å². The molecule has 4 rings (SSSR count). The van der Waals surface area contributed by atoms with E-state index < -0.39 is 23.7 Å². The summed E-state index contributed by atoms with van der Waals surface area (Å²) in [6.07, 6.45) is 1.35. The molecular weight excluding hydrogens is 390 g/mol. The topological polar surface area (TPSA) is 55.8 Å². The molecule has 3 aromatic carbocycles. The Labute approximate surface area is 181 Å². The van der Waals surface area contributed by atoms with Gasteiger partial charge >= 0.3 is 12.1 Å². The predicted molar refractivity (Wildman–Crippen MR) is 122 cm³/mol. The number of fused-ring (bicyclic) bond motifs is 2. The average Bonchev–Trinajstić information content (AvgIpc) is 2.71. The van der Waals surface area contributed by atoms with Gasteiger partial charge in [0.2, 0.25) is 0 Å². The zero-order valence-corrected chi connectivity index (χ0v) is 18.1. The fourth-order valence-electron chi connectivity index (χ4n) is 3.85. The van der Waals surface area contributed by atoms with E-state index in [4.69, 9.17) is 9.47 Å². The van der Waals surface area contributed by atoms with Gasteiger partial charge in [0.15, 0.2) is 0 Å². The molecule has 158 valence electrons. The Balaban J connectivity index is 1.94. The van der Waals surface area contributed by atoms with Crippen molar-refractivity contribution in [2.75, 3.05) is 4.90 Å². The van der Waals surface area contributed by atoms with Gasteiger partial charge in [0, 0.05) is 12.5 Å². The number of anilines is 1. The molecule has 1 aliphatic rings. The highest BCUT2D eigenvalue weighted by Gasteiger charge is 2.36. The van der Waals surface area contributed by atoms with Crippen LogP contribution in [0.25, 0.3) is 16.5 Å². The van der Waals surface area contributed by atoms with Gasteiger partial charge in [-0.15, -0.1) is 0 Å². The molecule has 0 saturated heterocycles. The smallest absolute Gasteiger partial charge is 0.415 e. The molecule has 1 unspecified atom stereocenters. The van der Waals surface area contributed by atoms with Gasteiger partial charge in [-0.05, 0) is 55.3 Å². The van der Waals surface area contributed by atoms with Gasteiger partial charge in [-0.1, -0.05) is 54.6 Å². The standard InChI is InChI=1S/C26H25NO4/c1-17(28)30-24-16-23(20-14-9-11-18-10-5-6-12-19(18)20)27(25(29)31-26(2,3)4)22-15-8-7-13-21(22)24/h5-16,23H,1-4H3. The predicted octanol–water partition coefficient (Wildman–Crippen LogP) is 6.24. The van der Waals surface area contributed by atoms with Crippen LogP contribution in [-0.2, 0) is 14.3 Å². The second-order valence-corrected chi connectivity index (χ2v) is 8.51. The van der Waals surface area contributed by atoms with E-state index >= 15 is 0 Å². The number of amides is 1. The van der Waals surface area contributed by atoms with Gasteiger partial charge in [0.1, 0.15) is 11.4 Å². The summed E-state index contributed by atoms with van der Waals surface area (Å²) >= 11 is 0.